The molecule has 1 aliphatic carbocycles. The SMILES string of the molecule is COC(=O)c1c(NC(=O)COc2ccc(I)cc2)sc2c1CCCC2. The van der Waals surface area contributed by atoms with Crippen molar-refractivity contribution in [1.82, 2.24) is 0 Å². The number of esters is 1. The minimum absolute atomic E-state index is 0.107. The van der Waals surface area contributed by atoms with E-state index in [1.54, 1.807) is 0 Å². The Kier molecular flexibility index (Phi) is 5.95. The Morgan fingerprint density at radius 1 is 1.20 bits per heavy atom. The van der Waals surface area contributed by atoms with Crippen molar-refractivity contribution in [3.05, 3.63) is 43.8 Å². The molecular formula is C18H18INO4S. The number of ether oxygens (including phenoxy) is 2. The highest BCUT2D eigenvalue weighted by Gasteiger charge is 2.26. The Balaban J connectivity index is 1.71. The second-order valence-corrected chi connectivity index (χ2v) is 8.05. The van der Waals surface area contributed by atoms with Crippen LogP contribution in [0, 0.1) is 3.57 Å². The second-order valence-electron chi connectivity index (χ2n) is 5.70. The quantitative estimate of drug-likeness (QED) is 0.529. The zero-order valence-electron chi connectivity index (χ0n) is 13.8. The zero-order valence-corrected chi connectivity index (χ0v) is 16.7. The summed E-state index contributed by atoms with van der Waals surface area (Å²) in [6, 6.07) is 7.46. The molecule has 25 heavy (non-hydrogen) atoms. The summed E-state index contributed by atoms with van der Waals surface area (Å²) in [5.41, 5.74) is 1.53. The fraction of sp³-hybridized carbons (Fsp3) is 0.333. The van der Waals surface area contributed by atoms with Crippen molar-refractivity contribution in [1.29, 1.82) is 0 Å². The van der Waals surface area contributed by atoms with Gasteiger partial charge < -0.3 is 14.8 Å². The van der Waals surface area contributed by atoms with Crippen molar-refractivity contribution in [3.8, 4) is 5.75 Å². The molecule has 5 nitrogen and oxygen atoms in total. The van der Waals surface area contributed by atoms with Crippen LogP contribution in [-0.4, -0.2) is 25.6 Å². The predicted octanol–water partition coefficient (Wildman–Crippen LogP) is 4.04. The minimum atomic E-state index is -0.395. The average molecular weight is 471 g/mol. The number of nitrogens with one attached hydrogen (secondary N) is 1. The van der Waals surface area contributed by atoms with Gasteiger partial charge in [0.05, 0.1) is 12.7 Å². The van der Waals surface area contributed by atoms with Crippen LogP contribution in [0.25, 0.3) is 0 Å². The normalized spacial score (nSPS) is 13.0. The molecule has 0 saturated heterocycles. The summed E-state index contributed by atoms with van der Waals surface area (Å²) < 4.78 is 11.5. The monoisotopic (exact) mass is 471 g/mol. The Hall–Kier alpha value is -1.61. The van der Waals surface area contributed by atoms with Gasteiger partial charge in [0.15, 0.2) is 6.61 Å². The van der Waals surface area contributed by atoms with Crippen LogP contribution in [0.1, 0.15) is 33.6 Å². The van der Waals surface area contributed by atoms with Crippen LogP contribution in [0.2, 0.25) is 0 Å². The molecule has 0 unspecified atom stereocenters. The molecule has 0 bridgehead atoms. The molecule has 1 aliphatic rings. The number of anilines is 1. The van der Waals surface area contributed by atoms with E-state index >= 15 is 0 Å². The summed E-state index contributed by atoms with van der Waals surface area (Å²) in [7, 11) is 1.36. The van der Waals surface area contributed by atoms with Gasteiger partial charge >= 0.3 is 5.97 Å². The van der Waals surface area contributed by atoms with E-state index in [0.717, 1.165) is 34.8 Å². The number of carbonyl (C=O) groups is 2. The number of hydrogen-bond acceptors (Lipinski definition) is 5. The number of amides is 1. The summed E-state index contributed by atoms with van der Waals surface area (Å²) in [4.78, 5) is 25.6. The number of rotatable bonds is 5. The highest BCUT2D eigenvalue weighted by Crippen LogP contribution is 2.38. The maximum Gasteiger partial charge on any atom is 0.341 e. The van der Waals surface area contributed by atoms with Crippen LogP contribution in [-0.2, 0) is 22.4 Å². The number of aryl methyl sites for hydroxylation is 1. The molecule has 1 N–H and O–H groups in total. The van der Waals surface area contributed by atoms with Gasteiger partial charge in [-0.2, -0.15) is 0 Å². The van der Waals surface area contributed by atoms with Gasteiger partial charge in [-0.05, 0) is 78.1 Å². The summed E-state index contributed by atoms with van der Waals surface area (Å²) >= 11 is 3.68. The van der Waals surface area contributed by atoms with Crippen LogP contribution in [0.3, 0.4) is 0 Å². The number of carbonyl (C=O) groups excluding carboxylic acids is 2. The van der Waals surface area contributed by atoms with E-state index in [4.69, 9.17) is 9.47 Å². The van der Waals surface area contributed by atoms with Crippen molar-refractivity contribution in [2.24, 2.45) is 0 Å². The highest BCUT2D eigenvalue weighted by molar-refractivity contribution is 14.1. The van der Waals surface area contributed by atoms with E-state index in [-0.39, 0.29) is 12.5 Å². The number of fused-ring (bicyclic) bond motifs is 1. The maximum atomic E-state index is 12.2. The molecule has 3 rings (SSSR count). The van der Waals surface area contributed by atoms with Crippen LogP contribution in [0.15, 0.2) is 24.3 Å². The third-order valence-electron chi connectivity index (χ3n) is 4.00. The molecule has 2 aromatic rings. The van der Waals surface area contributed by atoms with Gasteiger partial charge in [0.2, 0.25) is 0 Å². The fourth-order valence-corrected chi connectivity index (χ4v) is 4.47. The zero-order chi connectivity index (χ0) is 17.8. The van der Waals surface area contributed by atoms with Gasteiger partial charge in [-0.3, -0.25) is 4.79 Å². The van der Waals surface area contributed by atoms with E-state index in [2.05, 4.69) is 27.9 Å². The average Bonchev–Trinajstić information content (AvgIpc) is 2.98. The molecule has 0 saturated carbocycles. The number of methoxy groups -OCH3 is 1. The molecule has 7 heteroatoms. The molecule has 1 aromatic carbocycles. The van der Waals surface area contributed by atoms with Gasteiger partial charge in [-0.25, -0.2) is 4.79 Å². The van der Waals surface area contributed by atoms with Crippen molar-refractivity contribution >= 4 is 50.8 Å². The van der Waals surface area contributed by atoms with Crippen LogP contribution < -0.4 is 10.1 Å². The fourth-order valence-electron chi connectivity index (χ4n) is 2.81. The lowest BCUT2D eigenvalue weighted by Crippen LogP contribution is -2.21. The predicted molar refractivity (Wildman–Crippen MR) is 106 cm³/mol. The lowest BCUT2D eigenvalue weighted by molar-refractivity contribution is -0.118. The Morgan fingerprint density at radius 3 is 2.64 bits per heavy atom. The van der Waals surface area contributed by atoms with Gasteiger partial charge in [-0.15, -0.1) is 11.3 Å². The smallest absolute Gasteiger partial charge is 0.341 e. The third kappa shape index (κ3) is 4.33. The molecular weight excluding hydrogens is 453 g/mol. The summed E-state index contributed by atoms with van der Waals surface area (Å²) in [6.07, 6.45) is 3.96. The topological polar surface area (TPSA) is 64.6 Å². The Morgan fingerprint density at radius 2 is 1.92 bits per heavy atom. The Bertz CT molecular complexity index is 785. The summed E-state index contributed by atoms with van der Waals surface area (Å²) in [5.74, 6) is -0.0511. The molecule has 0 atom stereocenters. The first-order chi connectivity index (χ1) is 12.1. The lowest BCUT2D eigenvalue weighted by Gasteiger charge is -2.12. The highest BCUT2D eigenvalue weighted by atomic mass is 127. The molecule has 0 radical (unpaired) electrons. The van der Waals surface area contributed by atoms with Crippen molar-refractivity contribution in [2.45, 2.75) is 25.7 Å². The maximum absolute atomic E-state index is 12.2. The van der Waals surface area contributed by atoms with Crippen molar-refractivity contribution in [3.63, 3.8) is 0 Å². The molecule has 1 heterocycles. The first kappa shape index (κ1) is 18.2. The summed E-state index contributed by atoms with van der Waals surface area (Å²) in [6.45, 7) is -0.107. The first-order valence-corrected chi connectivity index (χ1v) is 9.89. The van der Waals surface area contributed by atoms with E-state index in [1.165, 1.54) is 23.3 Å². The molecule has 0 aliphatic heterocycles. The molecule has 1 aromatic heterocycles. The van der Waals surface area contributed by atoms with Gasteiger partial charge in [0, 0.05) is 8.45 Å². The van der Waals surface area contributed by atoms with Crippen LogP contribution >= 0.6 is 33.9 Å². The standard InChI is InChI=1S/C18H18INO4S/c1-23-18(22)16-13-4-2-3-5-14(13)25-17(16)20-15(21)10-24-12-8-6-11(19)7-9-12/h6-9H,2-5,10H2,1H3,(H,20,21). The van der Waals surface area contributed by atoms with Crippen molar-refractivity contribution < 1.29 is 19.1 Å². The largest absolute Gasteiger partial charge is 0.484 e. The number of benzene rings is 1. The molecule has 0 spiro atoms. The van der Waals surface area contributed by atoms with E-state index < -0.39 is 5.97 Å². The number of hydrogen-bond donors (Lipinski definition) is 1. The number of halogens is 1. The first-order valence-electron chi connectivity index (χ1n) is 7.99. The van der Waals surface area contributed by atoms with Gasteiger partial charge in [0.1, 0.15) is 10.8 Å². The minimum Gasteiger partial charge on any atom is -0.484 e. The van der Waals surface area contributed by atoms with Gasteiger partial charge in [-0.1, -0.05) is 0 Å². The van der Waals surface area contributed by atoms with Gasteiger partial charge in [0.25, 0.3) is 5.91 Å². The van der Waals surface area contributed by atoms with Crippen molar-refractivity contribution in [2.75, 3.05) is 19.0 Å². The van der Waals surface area contributed by atoms with E-state index in [0.29, 0.717) is 16.3 Å². The van der Waals surface area contributed by atoms with E-state index in [1.807, 2.05) is 24.3 Å². The molecule has 132 valence electrons. The number of thiophene rings is 1. The third-order valence-corrected chi connectivity index (χ3v) is 5.92. The van der Waals surface area contributed by atoms with E-state index in [9.17, 15) is 9.59 Å². The van der Waals surface area contributed by atoms with Crippen LogP contribution in [0.4, 0.5) is 5.00 Å². The Labute approximate surface area is 163 Å². The lowest BCUT2D eigenvalue weighted by atomic mass is 9.95. The van der Waals surface area contributed by atoms with Crippen LogP contribution in [0.5, 0.6) is 5.75 Å². The second kappa shape index (κ2) is 8.18. The summed E-state index contributed by atoms with van der Waals surface area (Å²) in [5, 5.41) is 3.38. The molecule has 1 amide bonds. The molecule has 0 fully saturated rings.